The zero-order valence-corrected chi connectivity index (χ0v) is 13.0. The third-order valence-corrected chi connectivity index (χ3v) is 3.54. The van der Waals surface area contributed by atoms with Gasteiger partial charge in [-0.1, -0.05) is 17.7 Å². The molecule has 112 valence electrons. The van der Waals surface area contributed by atoms with E-state index in [2.05, 4.69) is 10.3 Å². The number of aromatic nitrogens is 1. The molecule has 5 nitrogen and oxygen atoms in total. The fourth-order valence-electron chi connectivity index (χ4n) is 1.72. The summed E-state index contributed by atoms with van der Waals surface area (Å²) < 4.78 is 5.64. The van der Waals surface area contributed by atoms with E-state index >= 15 is 0 Å². The molecule has 21 heavy (non-hydrogen) atoms. The van der Waals surface area contributed by atoms with Crippen LogP contribution in [0.3, 0.4) is 0 Å². The van der Waals surface area contributed by atoms with Gasteiger partial charge in [-0.15, -0.1) is 11.3 Å². The lowest BCUT2D eigenvalue weighted by Gasteiger charge is -2.16. The standard InChI is InChI=1S/C15H19N3O2S/c1-12-3-5-13(6-4-12)20-9-8-18(2)11-14(19)17-15-16-7-10-21-15/h3-7,10H,8-9,11H2,1-2H3,(H,16,17,19). The van der Waals surface area contributed by atoms with Crippen molar-refractivity contribution in [1.29, 1.82) is 0 Å². The highest BCUT2D eigenvalue weighted by molar-refractivity contribution is 7.13. The molecule has 1 heterocycles. The number of rotatable bonds is 7. The SMILES string of the molecule is Cc1ccc(OCCN(C)CC(=O)Nc2nccs2)cc1. The zero-order valence-electron chi connectivity index (χ0n) is 12.2. The van der Waals surface area contributed by atoms with E-state index in [0.29, 0.717) is 24.8 Å². The van der Waals surface area contributed by atoms with Crippen molar-refractivity contribution in [2.24, 2.45) is 0 Å². The summed E-state index contributed by atoms with van der Waals surface area (Å²) in [4.78, 5) is 17.7. The van der Waals surface area contributed by atoms with Gasteiger partial charge in [-0.05, 0) is 26.1 Å². The molecule has 0 aliphatic rings. The number of carbonyl (C=O) groups is 1. The van der Waals surface area contributed by atoms with E-state index in [1.54, 1.807) is 6.20 Å². The Morgan fingerprint density at radius 1 is 1.38 bits per heavy atom. The van der Waals surface area contributed by atoms with E-state index < -0.39 is 0 Å². The summed E-state index contributed by atoms with van der Waals surface area (Å²) in [7, 11) is 1.89. The lowest BCUT2D eigenvalue weighted by atomic mass is 10.2. The van der Waals surface area contributed by atoms with Crippen LogP contribution in [0.15, 0.2) is 35.8 Å². The van der Waals surface area contributed by atoms with Gasteiger partial charge in [0.1, 0.15) is 12.4 Å². The number of carbonyl (C=O) groups excluding carboxylic acids is 1. The highest BCUT2D eigenvalue weighted by Gasteiger charge is 2.08. The van der Waals surface area contributed by atoms with Gasteiger partial charge in [0.15, 0.2) is 5.13 Å². The molecule has 0 bridgehead atoms. The van der Waals surface area contributed by atoms with Crippen molar-refractivity contribution < 1.29 is 9.53 Å². The van der Waals surface area contributed by atoms with Gasteiger partial charge >= 0.3 is 0 Å². The van der Waals surface area contributed by atoms with E-state index in [1.165, 1.54) is 16.9 Å². The van der Waals surface area contributed by atoms with Gasteiger partial charge in [0.2, 0.25) is 5.91 Å². The molecule has 1 aromatic carbocycles. The van der Waals surface area contributed by atoms with Crippen LogP contribution in [-0.4, -0.2) is 42.5 Å². The minimum absolute atomic E-state index is 0.0669. The number of hydrogen-bond donors (Lipinski definition) is 1. The average Bonchev–Trinajstić information content (AvgIpc) is 2.93. The molecule has 0 unspecified atom stereocenters. The third kappa shape index (κ3) is 5.53. The number of ether oxygens (including phenoxy) is 1. The number of aryl methyl sites for hydroxylation is 1. The van der Waals surface area contributed by atoms with Gasteiger partial charge in [0.25, 0.3) is 0 Å². The maximum Gasteiger partial charge on any atom is 0.240 e. The summed E-state index contributed by atoms with van der Waals surface area (Å²) in [5.74, 6) is 0.782. The molecule has 2 aromatic rings. The summed E-state index contributed by atoms with van der Waals surface area (Å²) >= 11 is 1.41. The monoisotopic (exact) mass is 305 g/mol. The maximum absolute atomic E-state index is 11.8. The van der Waals surface area contributed by atoms with Crippen molar-refractivity contribution in [2.45, 2.75) is 6.92 Å². The predicted octanol–water partition coefficient (Wildman–Crippen LogP) is 2.40. The Kier molecular flexibility index (Phi) is 5.71. The minimum Gasteiger partial charge on any atom is -0.492 e. The second-order valence-electron chi connectivity index (χ2n) is 4.78. The van der Waals surface area contributed by atoms with Crippen molar-refractivity contribution in [3.05, 3.63) is 41.4 Å². The van der Waals surface area contributed by atoms with Gasteiger partial charge in [0.05, 0.1) is 6.54 Å². The van der Waals surface area contributed by atoms with Gasteiger partial charge in [-0.25, -0.2) is 4.98 Å². The predicted molar refractivity (Wildman–Crippen MR) is 84.9 cm³/mol. The summed E-state index contributed by atoms with van der Waals surface area (Å²) in [6.45, 7) is 3.58. The molecule has 0 saturated carbocycles. The van der Waals surface area contributed by atoms with Crippen LogP contribution < -0.4 is 10.1 Å². The van der Waals surface area contributed by atoms with Gasteiger partial charge in [-0.3, -0.25) is 9.69 Å². The molecular formula is C15H19N3O2S. The molecule has 6 heteroatoms. The number of nitrogens with zero attached hydrogens (tertiary/aromatic N) is 2. The first-order valence-electron chi connectivity index (χ1n) is 6.71. The number of hydrogen-bond acceptors (Lipinski definition) is 5. The fourth-order valence-corrected chi connectivity index (χ4v) is 2.27. The van der Waals surface area contributed by atoms with E-state index in [1.807, 2.05) is 48.5 Å². The quantitative estimate of drug-likeness (QED) is 0.853. The largest absolute Gasteiger partial charge is 0.492 e. The van der Waals surface area contributed by atoms with Gasteiger partial charge in [0, 0.05) is 18.1 Å². The van der Waals surface area contributed by atoms with Crippen LogP contribution >= 0.6 is 11.3 Å². The van der Waals surface area contributed by atoms with E-state index in [0.717, 1.165) is 5.75 Å². The van der Waals surface area contributed by atoms with Crippen molar-refractivity contribution >= 4 is 22.4 Å². The van der Waals surface area contributed by atoms with Crippen LogP contribution in [-0.2, 0) is 4.79 Å². The molecule has 1 N–H and O–H groups in total. The van der Waals surface area contributed by atoms with Crippen LogP contribution in [0.2, 0.25) is 0 Å². The van der Waals surface area contributed by atoms with Crippen LogP contribution in [0.1, 0.15) is 5.56 Å². The molecule has 2 rings (SSSR count). The van der Waals surface area contributed by atoms with Crippen LogP contribution in [0.5, 0.6) is 5.75 Å². The van der Waals surface area contributed by atoms with E-state index in [-0.39, 0.29) is 5.91 Å². The molecule has 0 aliphatic carbocycles. The summed E-state index contributed by atoms with van der Waals surface area (Å²) in [6, 6.07) is 7.93. The van der Waals surface area contributed by atoms with Gasteiger partial charge in [-0.2, -0.15) is 0 Å². The molecular weight excluding hydrogens is 286 g/mol. The maximum atomic E-state index is 11.8. The van der Waals surface area contributed by atoms with Crippen LogP contribution in [0.25, 0.3) is 0 Å². The summed E-state index contributed by atoms with van der Waals surface area (Å²) in [5, 5.41) is 5.21. The van der Waals surface area contributed by atoms with Crippen molar-refractivity contribution in [3.63, 3.8) is 0 Å². The number of nitrogens with one attached hydrogen (secondary N) is 1. The number of benzene rings is 1. The molecule has 0 saturated heterocycles. The highest BCUT2D eigenvalue weighted by Crippen LogP contribution is 2.11. The molecule has 0 spiro atoms. The topological polar surface area (TPSA) is 54.5 Å². The normalized spacial score (nSPS) is 10.6. The Bertz CT molecular complexity index is 555. The highest BCUT2D eigenvalue weighted by atomic mass is 32.1. The Morgan fingerprint density at radius 3 is 2.81 bits per heavy atom. The molecule has 1 aromatic heterocycles. The Hall–Kier alpha value is -1.92. The Labute approximate surface area is 128 Å². The number of amides is 1. The van der Waals surface area contributed by atoms with Crippen molar-refractivity contribution in [1.82, 2.24) is 9.88 Å². The molecule has 0 fully saturated rings. The average molecular weight is 305 g/mol. The lowest BCUT2D eigenvalue weighted by molar-refractivity contribution is -0.117. The summed E-state index contributed by atoms with van der Waals surface area (Å²) in [5.41, 5.74) is 1.21. The lowest BCUT2D eigenvalue weighted by Crippen LogP contribution is -2.33. The molecule has 0 atom stereocenters. The van der Waals surface area contributed by atoms with Crippen LogP contribution in [0, 0.1) is 6.92 Å². The molecule has 0 radical (unpaired) electrons. The first kappa shape index (κ1) is 15.5. The second-order valence-corrected chi connectivity index (χ2v) is 5.68. The number of thiazole rings is 1. The summed E-state index contributed by atoms with van der Waals surface area (Å²) in [6.07, 6.45) is 1.67. The Morgan fingerprint density at radius 2 is 2.14 bits per heavy atom. The van der Waals surface area contributed by atoms with E-state index in [4.69, 9.17) is 4.74 Å². The third-order valence-electron chi connectivity index (χ3n) is 2.85. The molecule has 1 amide bonds. The molecule has 0 aliphatic heterocycles. The number of likely N-dealkylation sites (N-methyl/N-ethyl adjacent to an activating group) is 1. The second kappa shape index (κ2) is 7.75. The van der Waals surface area contributed by atoms with Gasteiger partial charge < -0.3 is 10.1 Å². The van der Waals surface area contributed by atoms with Crippen molar-refractivity contribution in [3.8, 4) is 5.75 Å². The zero-order chi connectivity index (χ0) is 15.1. The fraction of sp³-hybridized carbons (Fsp3) is 0.333. The minimum atomic E-state index is -0.0669. The first-order chi connectivity index (χ1) is 10.1. The van der Waals surface area contributed by atoms with Crippen molar-refractivity contribution in [2.75, 3.05) is 32.1 Å². The van der Waals surface area contributed by atoms with Crippen LogP contribution in [0.4, 0.5) is 5.13 Å². The Balaban J connectivity index is 1.66. The van der Waals surface area contributed by atoms with E-state index in [9.17, 15) is 4.79 Å². The smallest absolute Gasteiger partial charge is 0.240 e. The first-order valence-corrected chi connectivity index (χ1v) is 7.59. The number of anilines is 1.